The number of anilines is 2. The zero-order valence-corrected chi connectivity index (χ0v) is 21.5. The maximum absolute atomic E-state index is 13.7. The van der Waals surface area contributed by atoms with Gasteiger partial charge in [-0.2, -0.15) is 0 Å². The maximum atomic E-state index is 13.7. The van der Waals surface area contributed by atoms with Crippen LogP contribution in [0.1, 0.15) is 31.4 Å². The molecule has 1 saturated heterocycles. The molecule has 0 unspecified atom stereocenters. The summed E-state index contributed by atoms with van der Waals surface area (Å²) in [6, 6.07) is 19.5. The Hall–Kier alpha value is -4.20. The van der Waals surface area contributed by atoms with Crippen LogP contribution >= 0.6 is 0 Å². The van der Waals surface area contributed by atoms with Gasteiger partial charge in [-0.3, -0.25) is 9.59 Å². The van der Waals surface area contributed by atoms with Gasteiger partial charge in [0.1, 0.15) is 11.5 Å². The van der Waals surface area contributed by atoms with Crippen LogP contribution in [-0.2, 0) is 9.59 Å². The number of nitrogens with one attached hydrogen (secondary N) is 1. The van der Waals surface area contributed by atoms with Crippen molar-refractivity contribution in [1.29, 1.82) is 0 Å². The van der Waals surface area contributed by atoms with Crippen LogP contribution in [0.5, 0.6) is 23.0 Å². The molecule has 3 aromatic rings. The molecular weight excluding hydrogens is 472 g/mol. The van der Waals surface area contributed by atoms with E-state index in [0.717, 1.165) is 11.3 Å². The molecule has 1 heterocycles. The molecule has 1 fully saturated rings. The highest BCUT2D eigenvalue weighted by molar-refractivity contribution is 6.00. The minimum Gasteiger partial charge on any atom is -0.497 e. The number of piperidine rings is 1. The summed E-state index contributed by atoms with van der Waals surface area (Å²) in [6.07, 6.45) is 0.657. The van der Waals surface area contributed by atoms with Crippen LogP contribution in [0.15, 0.2) is 66.7 Å². The zero-order chi connectivity index (χ0) is 26.4. The second kappa shape index (κ2) is 11.7. The average Bonchev–Trinajstić information content (AvgIpc) is 2.93. The fraction of sp³-hybridized carbons (Fsp3) is 0.310. The molecule has 2 amide bonds. The molecule has 3 aromatic carbocycles. The molecule has 0 aromatic heterocycles. The summed E-state index contributed by atoms with van der Waals surface area (Å²) in [4.78, 5) is 28.7. The molecule has 1 aliphatic heterocycles. The normalized spacial score (nSPS) is 17.2. The van der Waals surface area contributed by atoms with E-state index in [2.05, 4.69) is 5.32 Å². The van der Waals surface area contributed by atoms with E-state index in [1.54, 1.807) is 44.4 Å². The van der Waals surface area contributed by atoms with E-state index in [-0.39, 0.29) is 18.2 Å². The summed E-state index contributed by atoms with van der Waals surface area (Å²) in [5.74, 6) is 1.77. The lowest BCUT2D eigenvalue weighted by molar-refractivity contribution is -0.125. The van der Waals surface area contributed by atoms with Crippen LogP contribution in [-0.4, -0.2) is 39.8 Å². The Labute approximate surface area is 217 Å². The number of nitrogens with zero attached hydrogens (tertiary/aromatic N) is 1. The first kappa shape index (κ1) is 25.9. The number of amides is 2. The van der Waals surface area contributed by atoms with Gasteiger partial charge in [0, 0.05) is 17.8 Å². The number of ether oxygens (including phenoxy) is 4. The third-order valence-corrected chi connectivity index (χ3v) is 6.47. The van der Waals surface area contributed by atoms with Crippen molar-refractivity contribution in [3.8, 4) is 23.0 Å². The highest BCUT2D eigenvalue weighted by Crippen LogP contribution is 2.43. The Morgan fingerprint density at radius 1 is 0.892 bits per heavy atom. The van der Waals surface area contributed by atoms with Gasteiger partial charge in [0.2, 0.25) is 11.8 Å². The largest absolute Gasteiger partial charge is 0.497 e. The lowest BCUT2D eigenvalue weighted by Crippen LogP contribution is -2.47. The van der Waals surface area contributed by atoms with Crippen molar-refractivity contribution in [2.45, 2.75) is 25.8 Å². The monoisotopic (exact) mass is 504 g/mol. The van der Waals surface area contributed by atoms with Crippen molar-refractivity contribution in [1.82, 2.24) is 0 Å². The molecule has 0 bridgehead atoms. The van der Waals surface area contributed by atoms with Gasteiger partial charge in [0.05, 0.1) is 39.9 Å². The third-order valence-electron chi connectivity index (χ3n) is 6.47. The topological polar surface area (TPSA) is 86.3 Å². The fourth-order valence-corrected chi connectivity index (χ4v) is 4.67. The van der Waals surface area contributed by atoms with Crippen LogP contribution in [0.3, 0.4) is 0 Å². The van der Waals surface area contributed by atoms with Gasteiger partial charge in [0.15, 0.2) is 11.5 Å². The fourth-order valence-electron chi connectivity index (χ4n) is 4.67. The van der Waals surface area contributed by atoms with Crippen molar-refractivity contribution in [3.05, 3.63) is 72.3 Å². The molecule has 8 heteroatoms. The third kappa shape index (κ3) is 5.63. The van der Waals surface area contributed by atoms with Gasteiger partial charge < -0.3 is 29.2 Å². The highest BCUT2D eigenvalue weighted by atomic mass is 16.5. The Kier molecular flexibility index (Phi) is 8.18. The molecular formula is C29H32N2O6. The molecule has 4 rings (SSSR count). The number of hydrogen-bond donors (Lipinski definition) is 1. The molecule has 37 heavy (non-hydrogen) atoms. The van der Waals surface area contributed by atoms with Gasteiger partial charge in [-0.25, -0.2) is 0 Å². The van der Waals surface area contributed by atoms with E-state index in [9.17, 15) is 9.59 Å². The zero-order valence-electron chi connectivity index (χ0n) is 21.5. The molecule has 1 N–H and O–H groups in total. The lowest BCUT2D eigenvalue weighted by Gasteiger charge is -2.41. The molecule has 0 spiro atoms. The number of carbonyl (C=O) groups excluding carboxylic acids is 2. The van der Waals surface area contributed by atoms with Crippen LogP contribution in [0.2, 0.25) is 0 Å². The number of rotatable bonds is 9. The molecule has 0 aliphatic carbocycles. The van der Waals surface area contributed by atoms with Crippen LogP contribution in [0, 0.1) is 5.92 Å². The quantitative estimate of drug-likeness (QED) is 0.429. The Morgan fingerprint density at radius 3 is 2.19 bits per heavy atom. The smallest absolute Gasteiger partial charge is 0.229 e. The number of benzene rings is 3. The number of carbonyl (C=O) groups is 2. The SMILES string of the molecule is CCOc1ccc(NC(=O)[C@H]2CCC(=O)N(c3ccc(OC)cc3)[C@@H]2c2ccc(OC)c(OC)c2)cc1. The number of hydrogen-bond acceptors (Lipinski definition) is 6. The van der Waals surface area contributed by atoms with Crippen LogP contribution in [0.4, 0.5) is 11.4 Å². The Morgan fingerprint density at radius 2 is 1.57 bits per heavy atom. The Bertz CT molecular complexity index is 1230. The first-order valence-corrected chi connectivity index (χ1v) is 12.2. The van der Waals surface area contributed by atoms with E-state index in [4.69, 9.17) is 18.9 Å². The van der Waals surface area contributed by atoms with E-state index in [1.165, 1.54) is 0 Å². The summed E-state index contributed by atoms with van der Waals surface area (Å²) in [7, 11) is 4.72. The first-order chi connectivity index (χ1) is 18.0. The minimum absolute atomic E-state index is 0.0601. The van der Waals surface area contributed by atoms with Gasteiger partial charge in [-0.1, -0.05) is 6.07 Å². The van der Waals surface area contributed by atoms with Gasteiger partial charge >= 0.3 is 0 Å². The predicted octanol–water partition coefficient (Wildman–Crippen LogP) is 5.23. The molecule has 0 radical (unpaired) electrons. The van der Waals surface area contributed by atoms with Crippen LogP contribution in [0.25, 0.3) is 0 Å². The van der Waals surface area contributed by atoms with Gasteiger partial charge in [-0.05, 0) is 79.6 Å². The molecule has 1 aliphatic rings. The predicted molar refractivity (Wildman–Crippen MR) is 142 cm³/mol. The van der Waals surface area contributed by atoms with Crippen molar-refractivity contribution < 1.29 is 28.5 Å². The van der Waals surface area contributed by atoms with Gasteiger partial charge in [0.25, 0.3) is 0 Å². The van der Waals surface area contributed by atoms with Gasteiger partial charge in [-0.15, -0.1) is 0 Å². The minimum atomic E-state index is -0.558. The van der Waals surface area contributed by atoms with E-state index in [0.29, 0.717) is 41.7 Å². The second-order valence-electron chi connectivity index (χ2n) is 8.61. The summed E-state index contributed by atoms with van der Waals surface area (Å²) in [6.45, 7) is 2.49. The average molecular weight is 505 g/mol. The molecule has 194 valence electrons. The number of methoxy groups -OCH3 is 3. The van der Waals surface area contributed by atoms with Crippen molar-refractivity contribution in [3.63, 3.8) is 0 Å². The van der Waals surface area contributed by atoms with Crippen molar-refractivity contribution >= 4 is 23.2 Å². The highest BCUT2D eigenvalue weighted by Gasteiger charge is 2.42. The maximum Gasteiger partial charge on any atom is 0.229 e. The summed E-state index contributed by atoms with van der Waals surface area (Å²) in [5.41, 5.74) is 2.12. The first-order valence-electron chi connectivity index (χ1n) is 12.2. The van der Waals surface area contributed by atoms with E-state index < -0.39 is 12.0 Å². The van der Waals surface area contributed by atoms with Crippen molar-refractivity contribution in [2.75, 3.05) is 38.2 Å². The Balaban J connectivity index is 1.73. The van der Waals surface area contributed by atoms with E-state index >= 15 is 0 Å². The lowest BCUT2D eigenvalue weighted by atomic mass is 9.83. The molecule has 2 atom stereocenters. The van der Waals surface area contributed by atoms with Crippen LogP contribution < -0.4 is 29.2 Å². The molecule has 0 saturated carbocycles. The van der Waals surface area contributed by atoms with E-state index in [1.807, 2.05) is 55.5 Å². The van der Waals surface area contributed by atoms with Crippen molar-refractivity contribution in [2.24, 2.45) is 5.92 Å². The summed E-state index contributed by atoms with van der Waals surface area (Å²) >= 11 is 0. The molecule has 8 nitrogen and oxygen atoms in total. The standard InChI is InChI=1S/C29H32N2O6/c1-5-37-23-11-7-20(8-12-23)30-29(33)24-15-17-27(32)31(21-9-13-22(34-2)14-10-21)28(24)19-6-16-25(35-3)26(18-19)36-4/h6-14,16,18,24,28H,5,15,17H2,1-4H3,(H,30,33)/t24-,28+/m0/s1. The second-order valence-corrected chi connectivity index (χ2v) is 8.61. The summed E-state index contributed by atoms with van der Waals surface area (Å²) in [5, 5.41) is 3.03. The summed E-state index contributed by atoms with van der Waals surface area (Å²) < 4.78 is 21.7.